The zero-order valence-electron chi connectivity index (χ0n) is 12.2. The van der Waals surface area contributed by atoms with Gasteiger partial charge in [0.25, 0.3) is 0 Å². The van der Waals surface area contributed by atoms with Crippen LogP contribution in [-0.2, 0) is 14.3 Å². The van der Waals surface area contributed by atoms with Gasteiger partial charge < -0.3 is 20.1 Å². The Labute approximate surface area is 114 Å². The second-order valence-corrected chi connectivity index (χ2v) is 5.78. The Bertz CT molecular complexity index is 330. The number of alkyl carbamates (subject to hydrolysis) is 1. The molecule has 1 atom stereocenters. The number of carbonyl (C=O) groups is 2. The first-order valence-corrected chi connectivity index (χ1v) is 6.64. The van der Waals surface area contributed by atoms with Gasteiger partial charge in [0.1, 0.15) is 5.60 Å². The SMILES string of the molecule is CCOC(=O)C1(CNC(=O)OC(C)(C)C)CCNC1. The fourth-order valence-electron chi connectivity index (χ4n) is 1.98. The summed E-state index contributed by atoms with van der Waals surface area (Å²) < 4.78 is 10.3. The lowest BCUT2D eigenvalue weighted by atomic mass is 9.87. The molecule has 0 aromatic heterocycles. The van der Waals surface area contributed by atoms with E-state index in [1.54, 1.807) is 27.7 Å². The van der Waals surface area contributed by atoms with Crippen LogP contribution < -0.4 is 10.6 Å². The van der Waals surface area contributed by atoms with Crippen molar-refractivity contribution in [1.29, 1.82) is 0 Å². The molecule has 6 nitrogen and oxygen atoms in total. The van der Waals surface area contributed by atoms with E-state index in [9.17, 15) is 9.59 Å². The van der Waals surface area contributed by atoms with E-state index in [0.29, 0.717) is 19.6 Å². The average Bonchev–Trinajstić information content (AvgIpc) is 2.74. The van der Waals surface area contributed by atoms with Gasteiger partial charge in [-0.05, 0) is 40.7 Å². The molecule has 0 aliphatic carbocycles. The number of esters is 1. The number of amides is 1. The second-order valence-electron chi connectivity index (χ2n) is 5.78. The lowest BCUT2D eigenvalue weighted by molar-refractivity contribution is -0.153. The van der Waals surface area contributed by atoms with Gasteiger partial charge in [-0.1, -0.05) is 0 Å². The summed E-state index contributed by atoms with van der Waals surface area (Å²) in [6, 6.07) is 0. The van der Waals surface area contributed by atoms with Gasteiger partial charge >= 0.3 is 12.1 Å². The van der Waals surface area contributed by atoms with Crippen molar-refractivity contribution in [2.75, 3.05) is 26.2 Å². The van der Waals surface area contributed by atoms with E-state index in [4.69, 9.17) is 9.47 Å². The van der Waals surface area contributed by atoms with Crippen LogP contribution in [0.15, 0.2) is 0 Å². The number of hydrogen-bond donors (Lipinski definition) is 2. The molecule has 0 spiro atoms. The topological polar surface area (TPSA) is 76.7 Å². The third kappa shape index (κ3) is 4.70. The first kappa shape index (κ1) is 15.8. The Hall–Kier alpha value is -1.30. The molecule has 0 bridgehead atoms. The van der Waals surface area contributed by atoms with E-state index < -0.39 is 17.1 Å². The molecular formula is C13H24N2O4. The molecule has 1 amide bonds. The van der Waals surface area contributed by atoms with E-state index in [1.807, 2.05) is 0 Å². The molecule has 19 heavy (non-hydrogen) atoms. The molecular weight excluding hydrogens is 248 g/mol. The monoisotopic (exact) mass is 272 g/mol. The van der Waals surface area contributed by atoms with Gasteiger partial charge in [-0.2, -0.15) is 0 Å². The Kier molecular flexibility index (Phi) is 5.17. The second kappa shape index (κ2) is 6.23. The summed E-state index contributed by atoms with van der Waals surface area (Å²) >= 11 is 0. The van der Waals surface area contributed by atoms with Crippen molar-refractivity contribution in [3.8, 4) is 0 Å². The minimum atomic E-state index is -0.674. The maximum Gasteiger partial charge on any atom is 0.407 e. The molecule has 2 N–H and O–H groups in total. The molecule has 1 fully saturated rings. The van der Waals surface area contributed by atoms with Crippen LogP contribution in [0.5, 0.6) is 0 Å². The van der Waals surface area contributed by atoms with E-state index >= 15 is 0 Å². The highest BCUT2D eigenvalue weighted by Gasteiger charge is 2.43. The molecule has 0 aromatic carbocycles. The van der Waals surface area contributed by atoms with Crippen LogP contribution in [0.3, 0.4) is 0 Å². The summed E-state index contributed by atoms with van der Waals surface area (Å²) in [5.74, 6) is -0.268. The molecule has 1 rings (SSSR count). The van der Waals surface area contributed by atoms with Crippen LogP contribution in [0.25, 0.3) is 0 Å². The van der Waals surface area contributed by atoms with Crippen molar-refractivity contribution in [3.63, 3.8) is 0 Å². The van der Waals surface area contributed by atoms with E-state index in [-0.39, 0.29) is 12.5 Å². The highest BCUT2D eigenvalue weighted by Crippen LogP contribution is 2.26. The summed E-state index contributed by atoms with van der Waals surface area (Å²) in [4.78, 5) is 23.6. The number of hydrogen-bond acceptors (Lipinski definition) is 5. The maximum absolute atomic E-state index is 12.0. The van der Waals surface area contributed by atoms with Crippen LogP contribution in [-0.4, -0.2) is 43.9 Å². The normalized spacial score (nSPS) is 22.9. The fourth-order valence-corrected chi connectivity index (χ4v) is 1.98. The number of carbonyl (C=O) groups excluding carboxylic acids is 2. The molecule has 1 aliphatic heterocycles. The van der Waals surface area contributed by atoms with Crippen LogP contribution in [0.1, 0.15) is 34.1 Å². The van der Waals surface area contributed by atoms with Crippen LogP contribution >= 0.6 is 0 Å². The summed E-state index contributed by atoms with van der Waals surface area (Å²) in [7, 11) is 0. The molecule has 0 radical (unpaired) electrons. The Morgan fingerprint density at radius 2 is 2.05 bits per heavy atom. The minimum absolute atomic E-state index is 0.230. The lowest BCUT2D eigenvalue weighted by Gasteiger charge is -2.27. The molecule has 6 heteroatoms. The van der Waals surface area contributed by atoms with Gasteiger partial charge in [0.05, 0.1) is 12.0 Å². The molecule has 0 aromatic rings. The molecule has 1 aliphatic rings. The largest absolute Gasteiger partial charge is 0.465 e. The average molecular weight is 272 g/mol. The standard InChI is InChI=1S/C13H24N2O4/c1-5-18-10(16)13(6-7-14-8-13)9-15-11(17)19-12(2,3)4/h14H,5-9H2,1-4H3,(H,15,17). The first-order valence-electron chi connectivity index (χ1n) is 6.64. The first-order chi connectivity index (χ1) is 8.79. The van der Waals surface area contributed by atoms with Gasteiger partial charge in [-0.15, -0.1) is 0 Å². The van der Waals surface area contributed by atoms with Gasteiger partial charge in [-0.25, -0.2) is 4.79 Å². The van der Waals surface area contributed by atoms with E-state index in [0.717, 1.165) is 6.54 Å². The number of nitrogens with one attached hydrogen (secondary N) is 2. The van der Waals surface area contributed by atoms with Crippen molar-refractivity contribution in [2.45, 2.75) is 39.7 Å². The van der Waals surface area contributed by atoms with Crippen molar-refractivity contribution in [3.05, 3.63) is 0 Å². The smallest absolute Gasteiger partial charge is 0.407 e. The van der Waals surface area contributed by atoms with E-state index in [2.05, 4.69) is 10.6 Å². The van der Waals surface area contributed by atoms with Crippen molar-refractivity contribution >= 4 is 12.1 Å². The van der Waals surface area contributed by atoms with Crippen molar-refractivity contribution in [2.24, 2.45) is 5.41 Å². The minimum Gasteiger partial charge on any atom is -0.465 e. The zero-order chi connectivity index (χ0) is 14.5. The molecule has 1 heterocycles. The van der Waals surface area contributed by atoms with E-state index in [1.165, 1.54) is 0 Å². The van der Waals surface area contributed by atoms with Crippen molar-refractivity contribution < 1.29 is 19.1 Å². The third-order valence-electron chi connectivity index (χ3n) is 2.92. The maximum atomic E-state index is 12.0. The van der Waals surface area contributed by atoms with Crippen LogP contribution in [0, 0.1) is 5.41 Å². The van der Waals surface area contributed by atoms with Gasteiger partial charge in [-0.3, -0.25) is 4.79 Å². The Morgan fingerprint density at radius 1 is 1.37 bits per heavy atom. The highest BCUT2D eigenvalue weighted by molar-refractivity contribution is 5.79. The quantitative estimate of drug-likeness (QED) is 0.748. The van der Waals surface area contributed by atoms with Crippen molar-refractivity contribution in [1.82, 2.24) is 10.6 Å². The predicted molar refractivity (Wildman–Crippen MR) is 70.8 cm³/mol. The lowest BCUT2D eigenvalue weighted by Crippen LogP contribution is -2.46. The number of rotatable bonds is 4. The van der Waals surface area contributed by atoms with Crippen LogP contribution in [0.4, 0.5) is 4.79 Å². The molecule has 1 saturated heterocycles. The van der Waals surface area contributed by atoms with Crippen LogP contribution in [0.2, 0.25) is 0 Å². The van der Waals surface area contributed by atoms with Gasteiger partial charge in [0.15, 0.2) is 0 Å². The number of ether oxygens (including phenoxy) is 2. The Balaban J connectivity index is 2.55. The Morgan fingerprint density at radius 3 is 2.53 bits per heavy atom. The molecule has 0 saturated carbocycles. The summed E-state index contributed by atoms with van der Waals surface area (Å²) in [6.45, 7) is 8.99. The highest BCUT2D eigenvalue weighted by atomic mass is 16.6. The third-order valence-corrected chi connectivity index (χ3v) is 2.92. The summed E-state index contributed by atoms with van der Waals surface area (Å²) in [5.41, 5.74) is -1.22. The zero-order valence-corrected chi connectivity index (χ0v) is 12.2. The fraction of sp³-hybridized carbons (Fsp3) is 0.846. The van der Waals surface area contributed by atoms with Gasteiger partial charge in [0, 0.05) is 13.1 Å². The van der Waals surface area contributed by atoms with Gasteiger partial charge in [0.2, 0.25) is 0 Å². The molecule has 110 valence electrons. The summed E-state index contributed by atoms with van der Waals surface area (Å²) in [6.07, 6.45) is 0.143. The summed E-state index contributed by atoms with van der Waals surface area (Å²) in [5, 5.41) is 5.79. The predicted octanol–water partition coefficient (Wildman–Crippen LogP) is 1.05. The molecule has 1 unspecified atom stereocenters.